The lowest BCUT2D eigenvalue weighted by Crippen LogP contribution is -2.26. The van der Waals surface area contributed by atoms with Gasteiger partial charge in [0.1, 0.15) is 17.8 Å². The highest BCUT2D eigenvalue weighted by atomic mass is 19.1. The van der Waals surface area contributed by atoms with E-state index >= 15 is 0 Å². The van der Waals surface area contributed by atoms with Crippen molar-refractivity contribution in [2.75, 3.05) is 6.54 Å². The molecule has 0 unspecified atom stereocenters. The van der Waals surface area contributed by atoms with Crippen LogP contribution in [0.25, 0.3) is 28.0 Å². The maximum atomic E-state index is 13.3. The number of carbonyl (C=O) groups excluding carboxylic acids is 1. The average Bonchev–Trinajstić information content (AvgIpc) is 3.47. The van der Waals surface area contributed by atoms with Gasteiger partial charge in [-0.3, -0.25) is 9.78 Å². The molecule has 0 atom stereocenters. The Hall–Kier alpha value is -4.26. The zero-order chi connectivity index (χ0) is 21.9. The molecule has 6 nitrogen and oxygen atoms in total. The monoisotopic (exact) mass is 426 g/mol. The van der Waals surface area contributed by atoms with E-state index in [9.17, 15) is 9.18 Å². The Morgan fingerprint density at radius 2 is 1.94 bits per heavy atom. The van der Waals surface area contributed by atoms with Crippen LogP contribution >= 0.6 is 0 Å². The second-order valence-electron chi connectivity index (χ2n) is 7.37. The van der Waals surface area contributed by atoms with Gasteiger partial charge in [0.15, 0.2) is 6.39 Å². The Kier molecular flexibility index (Phi) is 5.21. The van der Waals surface area contributed by atoms with E-state index in [1.165, 1.54) is 24.8 Å². The number of amides is 1. The Labute approximate surface area is 183 Å². The van der Waals surface area contributed by atoms with E-state index in [0.29, 0.717) is 29.9 Å². The van der Waals surface area contributed by atoms with Crippen molar-refractivity contribution >= 4 is 11.4 Å². The number of benzene rings is 1. The zero-order valence-corrected chi connectivity index (χ0v) is 17.0. The van der Waals surface area contributed by atoms with Gasteiger partial charge in [-0.15, -0.1) is 0 Å². The van der Waals surface area contributed by atoms with E-state index in [4.69, 9.17) is 4.42 Å². The third kappa shape index (κ3) is 3.88. The van der Waals surface area contributed by atoms with Crippen LogP contribution in [-0.4, -0.2) is 26.8 Å². The number of hydrogen-bond acceptors (Lipinski definition) is 4. The van der Waals surface area contributed by atoms with Crippen LogP contribution in [0.1, 0.15) is 15.9 Å². The molecule has 158 valence electrons. The summed E-state index contributed by atoms with van der Waals surface area (Å²) in [6, 6.07) is 15.8. The number of carbonyl (C=O) groups is 1. The smallest absolute Gasteiger partial charge is 0.253 e. The summed E-state index contributed by atoms with van der Waals surface area (Å²) in [5.74, 6) is -0.483. The van der Waals surface area contributed by atoms with Crippen molar-refractivity contribution in [2.24, 2.45) is 0 Å². The lowest BCUT2D eigenvalue weighted by Gasteiger charge is -2.08. The van der Waals surface area contributed by atoms with Gasteiger partial charge >= 0.3 is 0 Å². The minimum atomic E-state index is -0.288. The molecule has 0 aliphatic carbocycles. The van der Waals surface area contributed by atoms with Gasteiger partial charge in [0.2, 0.25) is 0 Å². The Morgan fingerprint density at radius 1 is 1.09 bits per heavy atom. The first-order valence-electron chi connectivity index (χ1n) is 10.2. The molecular formula is C25H19FN4O2. The predicted molar refractivity (Wildman–Crippen MR) is 119 cm³/mol. The number of pyridine rings is 2. The number of rotatable bonds is 6. The summed E-state index contributed by atoms with van der Waals surface area (Å²) in [4.78, 5) is 21.4. The van der Waals surface area contributed by atoms with Gasteiger partial charge in [-0.05, 0) is 53.4 Å². The first kappa shape index (κ1) is 19.7. The molecule has 0 radical (unpaired) electrons. The lowest BCUT2D eigenvalue weighted by atomic mass is 10.1. The van der Waals surface area contributed by atoms with Crippen LogP contribution in [0.4, 0.5) is 4.39 Å². The first-order valence-corrected chi connectivity index (χ1v) is 10.2. The molecule has 7 heteroatoms. The number of nitrogens with zero attached hydrogens (tertiary/aromatic N) is 3. The third-order valence-electron chi connectivity index (χ3n) is 5.29. The van der Waals surface area contributed by atoms with Crippen LogP contribution in [0.5, 0.6) is 0 Å². The van der Waals surface area contributed by atoms with Crippen LogP contribution in [-0.2, 0) is 6.42 Å². The number of fused-ring (bicyclic) bond motifs is 1. The van der Waals surface area contributed by atoms with Crippen molar-refractivity contribution in [1.29, 1.82) is 0 Å². The molecule has 0 spiro atoms. The van der Waals surface area contributed by atoms with Crippen molar-refractivity contribution in [3.63, 3.8) is 0 Å². The molecule has 32 heavy (non-hydrogen) atoms. The fourth-order valence-electron chi connectivity index (χ4n) is 3.71. The van der Waals surface area contributed by atoms with Crippen LogP contribution in [0, 0.1) is 5.82 Å². The van der Waals surface area contributed by atoms with Crippen LogP contribution < -0.4 is 5.32 Å². The topological polar surface area (TPSA) is 72.4 Å². The fourth-order valence-corrected chi connectivity index (χ4v) is 3.71. The molecule has 0 saturated heterocycles. The number of oxazole rings is 1. The minimum absolute atomic E-state index is 0.195. The molecule has 1 N–H and O–H groups in total. The Morgan fingerprint density at radius 3 is 2.69 bits per heavy atom. The summed E-state index contributed by atoms with van der Waals surface area (Å²) >= 11 is 0. The van der Waals surface area contributed by atoms with Gasteiger partial charge in [-0.25, -0.2) is 9.37 Å². The lowest BCUT2D eigenvalue weighted by molar-refractivity contribution is 0.0955. The highest BCUT2D eigenvalue weighted by molar-refractivity contribution is 6.02. The molecule has 1 amide bonds. The van der Waals surface area contributed by atoms with Crippen molar-refractivity contribution in [1.82, 2.24) is 19.7 Å². The van der Waals surface area contributed by atoms with Gasteiger partial charge < -0.3 is 14.1 Å². The fraction of sp³-hybridized carbons (Fsp3) is 0.0800. The largest absolute Gasteiger partial charge is 0.451 e. The Balaban J connectivity index is 1.50. The molecule has 5 aromatic rings. The number of halogens is 1. The quantitative estimate of drug-likeness (QED) is 0.425. The SMILES string of the molecule is O=C(NCCc1cccnc1)c1cc2ccc(-c3ccc(F)cc3)cn2c1-c1cocn1. The van der Waals surface area contributed by atoms with Crippen molar-refractivity contribution in [3.05, 3.63) is 103 Å². The Bertz CT molecular complexity index is 1360. The van der Waals surface area contributed by atoms with E-state index in [-0.39, 0.29) is 11.7 Å². The van der Waals surface area contributed by atoms with Gasteiger partial charge in [0.05, 0.1) is 11.3 Å². The van der Waals surface area contributed by atoms with E-state index in [0.717, 1.165) is 22.2 Å². The molecule has 4 heterocycles. The van der Waals surface area contributed by atoms with Crippen LogP contribution in [0.3, 0.4) is 0 Å². The molecular weight excluding hydrogens is 407 g/mol. The number of nitrogens with one attached hydrogen (secondary N) is 1. The molecule has 5 rings (SSSR count). The summed E-state index contributed by atoms with van der Waals surface area (Å²) in [6.45, 7) is 0.482. The van der Waals surface area contributed by atoms with Crippen LogP contribution in [0.2, 0.25) is 0 Å². The highest BCUT2D eigenvalue weighted by Gasteiger charge is 2.20. The number of hydrogen-bond donors (Lipinski definition) is 1. The summed E-state index contributed by atoms with van der Waals surface area (Å²) in [6.07, 6.45) is 8.96. The van der Waals surface area contributed by atoms with Crippen molar-refractivity contribution in [3.8, 4) is 22.5 Å². The third-order valence-corrected chi connectivity index (χ3v) is 5.29. The average molecular weight is 426 g/mol. The van der Waals surface area contributed by atoms with Crippen LogP contribution in [0.15, 0.2) is 90.3 Å². The molecule has 0 saturated carbocycles. The summed E-state index contributed by atoms with van der Waals surface area (Å²) in [5.41, 5.74) is 5.34. The molecule has 1 aromatic carbocycles. The number of aromatic nitrogens is 3. The second-order valence-corrected chi connectivity index (χ2v) is 7.37. The van der Waals surface area contributed by atoms with Gasteiger partial charge in [0.25, 0.3) is 5.91 Å². The molecule has 0 aliphatic heterocycles. The summed E-state index contributed by atoms with van der Waals surface area (Å²) in [5, 5.41) is 2.98. The van der Waals surface area contributed by atoms with E-state index in [1.54, 1.807) is 24.5 Å². The normalized spacial score (nSPS) is 11.0. The van der Waals surface area contributed by atoms with Crippen molar-refractivity contribution in [2.45, 2.75) is 6.42 Å². The first-order chi connectivity index (χ1) is 15.7. The highest BCUT2D eigenvalue weighted by Crippen LogP contribution is 2.29. The predicted octanol–water partition coefficient (Wildman–Crippen LogP) is 4.77. The standard InChI is InChI=1S/C25H19FN4O2/c26-20-6-3-18(4-7-20)19-5-8-21-12-22(24(30(21)14-19)23-15-32-16-29-23)25(31)28-11-9-17-2-1-10-27-13-17/h1-8,10,12-16H,9,11H2,(H,28,31). The summed E-state index contributed by atoms with van der Waals surface area (Å²) in [7, 11) is 0. The van der Waals surface area contributed by atoms with Gasteiger partial charge in [-0.1, -0.05) is 24.3 Å². The van der Waals surface area contributed by atoms with Gasteiger partial charge in [0, 0.05) is 30.7 Å². The molecule has 0 bridgehead atoms. The molecule has 0 aliphatic rings. The summed E-state index contributed by atoms with van der Waals surface area (Å²) < 4.78 is 20.4. The van der Waals surface area contributed by atoms with E-state index in [1.807, 2.05) is 40.9 Å². The minimum Gasteiger partial charge on any atom is -0.451 e. The van der Waals surface area contributed by atoms with E-state index < -0.39 is 0 Å². The molecule has 0 fully saturated rings. The zero-order valence-electron chi connectivity index (χ0n) is 17.0. The van der Waals surface area contributed by atoms with E-state index in [2.05, 4.69) is 15.3 Å². The maximum absolute atomic E-state index is 13.3. The molecule has 4 aromatic heterocycles. The van der Waals surface area contributed by atoms with Gasteiger partial charge in [-0.2, -0.15) is 0 Å². The second kappa shape index (κ2) is 8.47. The maximum Gasteiger partial charge on any atom is 0.253 e. The van der Waals surface area contributed by atoms with Crippen molar-refractivity contribution < 1.29 is 13.6 Å².